The number of aliphatic hydroxyl groups excluding tert-OH is 1. The first-order valence-electron chi connectivity index (χ1n) is 15.4. The molecule has 0 saturated heterocycles. The van der Waals surface area contributed by atoms with Crippen molar-refractivity contribution in [3.8, 4) is 11.1 Å². The molecule has 286 valence electrons. The molecule has 0 aromatic heterocycles. The Kier molecular flexibility index (Phi) is 16.7. The third kappa shape index (κ3) is 11.8. The molecule has 0 atom stereocenters. The van der Waals surface area contributed by atoms with Crippen LogP contribution in [0.4, 0.5) is 28.4 Å². The molecule has 0 saturated carbocycles. The van der Waals surface area contributed by atoms with Gasteiger partial charge in [0.2, 0.25) is 5.78 Å². The Morgan fingerprint density at radius 1 is 0.644 bits per heavy atom. The van der Waals surface area contributed by atoms with E-state index in [0.29, 0.717) is 23.4 Å². The molecule has 25 heteroatoms. The van der Waals surface area contributed by atoms with Gasteiger partial charge in [-0.05, 0) is 89.5 Å². The molecule has 0 unspecified atom stereocenters. The zero-order valence-corrected chi connectivity index (χ0v) is 39.3. The summed E-state index contributed by atoms with van der Waals surface area (Å²) in [6.45, 7) is 0. The van der Waals surface area contributed by atoms with Gasteiger partial charge in [0.15, 0.2) is 5.78 Å². The number of rotatable bonds is 10. The fourth-order valence-electron chi connectivity index (χ4n) is 5.19. The van der Waals surface area contributed by atoms with Gasteiger partial charge in [-0.25, -0.2) is 25.3 Å². The van der Waals surface area contributed by atoms with Crippen LogP contribution in [0.3, 0.4) is 0 Å². The number of allylic oxidation sites excluding steroid dienone is 4. The molecule has 0 amide bonds. The SMILES string of the molecule is Nc1c(N=Nc2ccc(-c3ccc(N/N=C4\C=CC(=O)C=C4O)cc3)cc2)c(S(=O)(=O)[O-])cc2c1C(=O)/C(=N/Nc1ccc(S(=O)(=O)[O-])cc1)C(S(=O)(=O)[O-])=C2.[Na+].[Na+].[Na+]. The van der Waals surface area contributed by atoms with Crippen molar-refractivity contribution in [3.63, 3.8) is 0 Å². The van der Waals surface area contributed by atoms with Gasteiger partial charge in [0.25, 0.3) is 0 Å². The Morgan fingerprint density at radius 3 is 1.71 bits per heavy atom. The molecular weight excluding hydrogens is 864 g/mol. The molecular formula is C34H22N7Na3O12S3. The second-order valence-electron chi connectivity index (χ2n) is 11.6. The zero-order chi connectivity index (χ0) is 40.6. The molecule has 0 radical (unpaired) electrons. The predicted octanol–water partition coefficient (Wildman–Crippen LogP) is -4.93. The van der Waals surface area contributed by atoms with Crippen molar-refractivity contribution in [1.82, 2.24) is 0 Å². The van der Waals surface area contributed by atoms with E-state index in [4.69, 9.17) is 5.73 Å². The van der Waals surface area contributed by atoms with Crippen molar-refractivity contribution in [1.29, 1.82) is 0 Å². The van der Waals surface area contributed by atoms with Gasteiger partial charge in [-0.15, -0.1) is 5.11 Å². The van der Waals surface area contributed by atoms with E-state index < -0.39 is 79.0 Å². The smallest absolute Gasteiger partial charge is 0.744 e. The average molecular weight is 886 g/mol. The Labute approximate surface area is 402 Å². The molecule has 0 bridgehead atoms. The molecule has 6 rings (SSSR count). The zero-order valence-electron chi connectivity index (χ0n) is 30.8. The van der Waals surface area contributed by atoms with E-state index in [9.17, 15) is 53.6 Å². The van der Waals surface area contributed by atoms with Crippen molar-refractivity contribution in [2.45, 2.75) is 9.79 Å². The quantitative estimate of drug-likeness (QED) is 0.0290. The van der Waals surface area contributed by atoms with Gasteiger partial charge in [0.1, 0.15) is 53.2 Å². The van der Waals surface area contributed by atoms with Crippen LogP contribution in [0.5, 0.6) is 0 Å². The molecule has 4 aromatic rings. The third-order valence-electron chi connectivity index (χ3n) is 7.88. The number of hydrazone groups is 2. The van der Waals surface area contributed by atoms with Gasteiger partial charge in [0.05, 0.1) is 43.0 Å². The summed E-state index contributed by atoms with van der Waals surface area (Å²) in [5, 5.41) is 25.4. The summed E-state index contributed by atoms with van der Waals surface area (Å²) in [5.74, 6) is -1.94. The maximum absolute atomic E-state index is 13.7. The van der Waals surface area contributed by atoms with E-state index in [1.54, 1.807) is 36.4 Å². The second kappa shape index (κ2) is 19.8. The van der Waals surface area contributed by atoms with E-state index in [1.165, 1.54) is 24.3 Å². The Hall–Kier alpha value is -3.69. The van der Waals surface area contributed by atoms with Crippen molar-refractivity contribution in [2.24, 2.45) is 20.4 Å². The summed E-state index contributed by atoms with van der Waals surface area (Å²) in [4.78, 5) is 22.1. The van der Waals surface area contributed by atoms with Crippen LogP contribution in [0.2, 0.25) is 0 Å². The number of Topliss-reactive ketones (excluding diaryl/α,β-unsaturated/α-hetero) is 1. The summed E-state index contributed by atoms with van der Waals surface area (Å²) in [6, 6.07) is 17.8. The van der Waals surface area contributed by atoms with Crippen LogP contribution in [-0.2, 0) is 35.1 Å². The standard InChI is InChI=1S/C34H25N7O12S3.3Na/c35-31-30-20(16-29(56(51,52)53)33(34(30)44)41-38-23-9-12-25(13-10-23)54(45,46)47)15-28(55(48,49)50)32(31)40-37-22-7-3-19(4-8-22)18-1-5-21(6-2-18)36-39-26-14-11-24(42)17-27(26)43;;;/h1-17,36,38,43H,35H2,(H,45,46,47)(H,48,49,50)(H,51,52,53);;;/q;3*+1/p-3/b39-26+,40-37?,41-33+;;;. The molecule has 5 N–H and O–H groups in total. The molecule has 59 heavy (non-hydrogen) atoms. The Morgan fingerprint density at radius 2 is 1.19 bits per heavy atom. The van der Waals surface area contributed by atoms with Crippen LogP contribution in [0.25, 0.3) is 17.2 Å². The van der Waals surface area contributed by atoms with E-state index in [0.717, 1.165) is 35.9 Å². The molecule has 0 spiro atoms. The first-order valence-corrected chi connectivity index (χ1v) is 19.7. The second-order valence-corrected chi connectivity index (χ2v) is 15.7. The molecule has 19 nitrogen and oxygen atoms in total. The molecule has 0 aliphatic heterocycles. The molecule has 4 aromatic carbocycles. The number of carbonyl (C=O) groups excluding carboxylic acids is 2. The number of benzene rings is 4. The van der Waals surface area contributed by atoms with Gasteiger partial charge < -0.3 is 24.5 Å². The van der Waals surface area contributed by atoms with E-state index >= 15 is 0 Å². The topological polar surface area (TPSA) is 325 Å². The minimum atomic E-state index is -5.48. The summed E-state index contributed by atoms with van der Waals surface area (Å²) in [6.07, 6.45) is 4.26. The van der Waals surface area contributed by atoms with Gasteiger partial charge in [-0.1, -0.05) is 24.3 Å². The number of anilines is 3. The van der Waals surface area contributed by atoms with Gasteiger partial charge in [-0.3, -0.25) is 20.4 Å². The van der Waals surface area contributed by atoms with Gasteiger partial charge in [-0.2, -0.15) is 15.3 Å². The van der Waals surface area contributed by atoms with Gasteiger partial charge in [0, 0.05) is 6.08 Å². The monoisotopic (exact) mass is 885 g/mol. The maximum Gasteiger partial charge on any atom is 1.00 e. The number of hydrogen-bond acceptors (Lipinski definition) is 19. The van der Waals surface area contributed by atoms with Crippen LogP contribution in [0, 0.1) is 0 Å². The number of azo groups is 1. The van der Waals surface area contributed by atoms with Crippen LogP contribution in [0.15, 0.2) is 138 Å². The average Bonchev–Trinajstić information content (AvgIpc) is 3.13. The van der Waals surface area contributed by atoms with Crippen molar-refractivity contribution in [2.75, 3.05) is 16.6 Å². The number of nitrogen functional groups attached to an aromatic ring is 1. The van der Waals surface area contributed by atoms with E-state index in [1.807, 2.05) is 0 Å². The van der Waals surface area contributed by atoms with Crippen LogP contribution in [0.1, 0.15) is 15.9 Å². The first kappa shape index (κ1) is 49.7. The van der Waals surface area contributed by atoms with Crippen LogP contribution < -0.4 is 105 Å². The number of ketones is 2. The number of nitrogens with zero attached hydrogens (tertiary/aromatic N) is 4. The molecule has 0 heterocycles. The minimum absolute atomic E-state index is 0. The molecule has 2 aliphatic rings. The van der Waals surface area contributed by atoms with Crippen molar-refractivity contribution >= 4 is 87.9 Å². The summed E-state index contributed by atoms with van der Waals surface area (Å²) in [5.41, 5.74) is 9.98. The Balaban J connectivity index is 0.00000310. The third-order valence-corrected chi connectivity index (χ3v) is 10.4. The largest absolute Gasteiger partial charge is 1.00 e. The minimum Gasteiger partial charge on any atom is -0.744 e. The van der Waals surface area contributed by atoms with Crippen molar-refractivity contribution in [3.05, 3.63) is 119 Å². The summed E-state index contributed by atoms with van der Waals surface area (Å²) < 4.78 is 107. The number of nitrogens with two attached hydrogens (primary N) is 1. The Bertz CT molecular complexity index is 2870. The van der Waals surface area contributed by atoms with Crippen molar-refractivity contribution < 1.29 is 142 Å². The fraction of sp³-hybridized carbons (Fsp3) is 0. The summed E-state index contributed by atoms with van der Waals surface area (Å²) in [7, 11) is -15.7. The molecule has 2 aliphatic carbocycles. The molecule has 0 fully saturated rings. The van der Waals surface area contributed by atoms with Gasteiger partial charge >= 0.3 is 88.7 Å². The number of aliphatic hydroxyl groups is 1. The van der Waals surface area contributed by atoms with Crippen LogP contribution in [-0.4, -0.2) is 67.0 Å². The fourth-order valence-corrected chi connectivity index (χ4v) is 6.97. The number of fused-ring (bicyclic) bond motifs is 1. The van der Waals surface area contributed by atoms with E-state index in [2.05, 4.69) is 31.3 Å². The number of carbonyl (C=O) groups is 2. The normalized spacial score (nSPS) is 15.4. The number of hydrogen-bond donors (Lipinski definition) is 4. The summed E-state index contributed by atoms with van der Waals surface area (Å²) >= 11 is 0. The van der Waals surface area contributed by atoms with Crippen LogP contribution >= 0.6 is 0 Å². The predicted molar refractivity (Wildman–Crippen MR) is 198 cm³/mol. The number of nitrogens with one attached hydrogen (secondary N) is 2. The van der Waals surface area contributed by atoms with E-state index in [-0.39, 0.29) is 117 Å². The first-order chi connectivity index (χ1) is 26.3. The maximum atomic E-state index is 13.7.